The molecule has 2 aliphatic carbocycles. The van der Waals surface area contributed by atoms with Crippen LogP contribution in [0.25, 0.3) is 0 Å². The Morgan fingerprint density at radius 2 is 2.04 bits per heavy atom. The lowest BCUT2D eigenvalue weighted by atomic mass is 9.75. The summed E-state index contributed by atoms with van der Waals surface area (Å²) < 4.78 is 5.81. The van der Waals surface area contributed by atoms with E-state index in [0.29, 0.717) is 17.8 Å². The predicted molar refractivity (Wildman–Crippen MR) is 106 cm³/mol. The summed E-state index contributed by atoms with van der Waals surface area (Å²) in [5.41, 5.74) is 2.29. The van der Waals surface area contributed by atoms with Crippen LogP contribution in [0.1, 0.15) is 80.6 Å². The molecule has 3 rings (SSSR count). The Labute approximate surface area is 159 Å². The molecule has 146 valence electrons. The first-order valence-electron chi connectivity index (χ1n) is 10.3. The third-order valence-corrected chi connectivity index (χ3v) is 7.13. The lowest BCUT2D eigenvalue weighted by Crippen LogP contribution is -2.53. The molecule has 0 radical (unpaired) electrons. The van der Waals surface area contributed by atoms with Gasteiger partial charge >= 0.3 is 6.09 Å². The summed E-state index contributed by atoms with van der Waals surface area (Å²) >= 11 is 0. The van der Waals surface area contributed by atoms with E-state index in [1.54, 1.807) is 5.01 Å². The Bertz CT molecular complexity index is 630. The van der Waals surface area contributed by atoms with Gasteiger partial charge in [-0.25, -0.2) is 4.79 Å². The number of carbonyl (C=O) groups excluding carboxylic acids is 1. The molecule has 1 spiro atoms. The maximum Gasteiger partial charge on any atom is 0.431 e. The number of amides is 1. The molecule has 0 aromatic rings. The molecular formula is C22H36N2O2. The first-order valence-corrected chi connectivity index (χ1v) is 10.3. The summed E-state index contributed by atoms with van der Waals surface area (Å²) in [7, 11) is 0. The zero-order valence-corrected chi connectivity index (χ0v) is 17.6. The highest BCUT2D eigenvalue weighted by molar-refractivity contribution is 5.88. The molecule has 4 atom stereocenters. The molecule has 26 heavy (non-hydrogen) atoms. The molecule has 2 saturated carbocycles. The van der Waals surface area contributed by atoms with Crippen LogP contribution < -0.4 is 0 Å². The van der Waals surface area contributed by atoms with Crippen LogP contribution in [0.3, 0.4) is 0 Å². The van der Waals surface area contributed by atoms with Crippen LogP contribution in [0.2, 0.25) is 0 Å². The Balaban J connectivity index is 1.95. The van der Waals surface area contributed by atoms with E-state index in [2.05, 4.69) is 54.5 Å². The third-order valence-electron chi connectivity index (χ3n) is 7.13. The van der Waals surface area contributed by atoms with Gasteiger partial charge in [-0.2, -0.15) is 10.1 Å². The van der Waals surface area contributed by atoms with E-state index in [-0.39, 0.29) is 23.2 Å². The molecule has 0 aromatic heterocycles. The molecule has 1 aliphatic heterocycles. The second kappa shape index (κ2) is 6.69. The van der Waals surface area contributed by atoms with Gasteiger partial charge in [0.2, 0.25) is 0 Å². The molecule has 1 amide bonds. The van der Waals surface area contributed by atoms with Crippen LogP contribution >= 0.6 is 0 Å². The van der Waals surface area contributed by atoms with Gasteiger partial charge < -0.3 is 4.74 Å². The van der Waals surface area contributed by atoms with Gasteiger partial charge in [-0.1, -0.05) is 46.3 Å². The van der Waals surface area contributed by atoms with Crippen molar-refractivity contribution in [3.8, 4) is 0 Å². The van der Waals surface area contributed by atoms with Crippen molar-refractivity contribution in [3.05, 3.63) is 11.6 Å². The number of carbonyl (C=O) groups is 1. The zero-order chi connectivity index (χ0) is 19.3. The molecular weight excluding hydrogens is 324 g/mol. The number of fused-ring (bicyclic) bond motifs is 1. The number of allylic oxidation sites excluding steroid dienone is 2. The van der Waals surface area contributed by atoms with Crippen molar-refractivity contribution < 1.29 is 9.53 Å². The molecule has 3 fully saturated rings. The van der Waals surface area contributed by atoms with Gasteiger partial charge in [0, 0.05) is 5.71 Å². The Morgan fingerprint density at radius 1 is 1.35 bits per heavy atom. The minimum atomic E-state index is -0.243. The highest BCUT2D eigenvalue weighted by Gasteiger charge is 2.73. The van der Waals surface area contributed by atoms with Gasteiger partial charge in [0.15, 0.2) is 0 Å². The number of ether oxygens (including phenoxy) is 1. The van der Waals surface area contributed by atoms with Gasteiger partial charge in [0.05, 0.1) is 0 Å². The Kier molecular flexibility index (Phi) is 5.00. The monoisotopic (exact) mass is 360 g/mol. The summed E-state index contributed by atoms with van der Waals surface area (Å²) in [5.74, 6) is 1.48. The summed E-state index contributed by atoms with van der Waals surface area (Å²) in [5, 5.41) is 6.81. The van der Waals surface area contributed by atoms with E-state index in [4.69, 9.17) is 9.84 Å². The lowest BCUT2D eigenvalue weighted by molar-refractivity contribution is 0.0565. The van der Waals surface area contributed by atoms with E-state index in [0.717, 1.165) is 31.4 Å². The van der Waals surface area contributed by atoms with Gasteiger partial charge in [0.1, 0.15) is 11.6 Å². The fourth-order valence-corrected chi connectivity index (χ4v) is 5.43. The van der Waals surface area contributed by atoms with Crippen molar-refractivity contribution in [2.24, 2.45) is 28.3 Å². The molecule has 1 saturated heterocycles. The van der Waals surface area contributed by atoms with Crippen LogP contribution in [0.5, 0.6) is 0 Å². The minimum Gasteiger partial charge on any atom is -0.442 e. The quantitative estimate of drug-likeness (QED) is 0.445. The van der Waals surface area contributed by atoms with E-state index in [1.807, 2.05) is 0 Å². The normalized spacial score (nSPS) is 33.5. The molecule has 0 unspecified atom stereocenters. The highest BCUT2D eigenvalue weighted by Crippen LogP contribution is 2.66. The van der Waals surface area contributed by atoms with Crippen LogP contribution in [-0.2, 0) is 4.74 Å². The van der Waals surface area contributed by atoms with Gasteiger partial charge in [-0.05, 0) is 69.1 Å². The minimum absolute atomic E-state index is 0.0147. The average molecular weight is 361 g/mol. The smallest absolute Gasteiger partial charge is 0.431 e. The summed E-state index contributed by atoms with van der Waals surface area (Å²) in [4.78, 5) is 12.8. The topological polar surface area (TPSA) is 41.9 Å². The van der Waals surface area contributed by atoms with Crippen molar-refractivity contribution in [1.29, 1.82) is 0 Å². The van der Waals surface area contributed by atoms with Gasteiger partial charge in [-0.3, -0.25) is 0 Å². The summed E-state index contributed by atoms with van der Waals surface area (Å²) in [6, 6.07) is 0. The average Bonchev–Trinajstić information content (AvgIpc) is 3.05. The fraction of sp³-hybridized carbons (Fsp3) is 0.818. The lowest BCUT2D eigenvalue weighted by Gasteiger charge is -2.40. The first kappa shape index (κ1) is 19.4. The Hall–Kier alpha value is -1.32. The van der Waals surface area contributed by atoms with E-state index in [9.17, 15) is 4.79 Å². The molecule has 2 bridgehead atoms. The SMILES string of the molecule is CC(C)=CC[C@H](C)/C(CC(C)C)=N/N1C(=O)O[C@@H]2C[C@H]3CC[C@@]21C3(C)C. The van der Waals surface area contributed by atoms with Crippen molar-refractivity contribution >= 4 is 11.8 Å². The third kappa shape index (κ3) is 2.90. The number of hydrogen-bond acceptors (Lipinski definition) is 3. The summed E-state index contributed by atoms with van der Waals surface area (Å²) in [6.45, 7) is 15.6. The molecule has 0 aromatic carbocycles. The largest absolute Gasteiger partial charge is 0.442 e. The highest BCUT2D eigenvalue weighted by atomic mass is 16.6. The Morgan fingerprint density at radius 3 is 2.62 bits per heavy atom. The number of rotatable bonds is 6. The van der Waals surface area contributed by atoms with Crippen molar-refractivity contribution in [3.63, 3.8) is 0 Å². The van der Waals surface area contributed by atoms with Crippen molar-refractivity contribution in [2.45, 2.75) is 92.2 Å². The van der Waals surface area contributed by atoms with E-state index in [1.165, 1.54) is 12.0 Å². The van der Waals surface area contributed by atoms with Crippen LogP contribution in [0.15, 0.2) is 16.8 Å². The maximum absolute atomic E-state index is 12.8. The molecule has 0 N–H and O–H groups in total. The van der Waals surface area contributed by atoms with E-state index >= 15 is 0 Å². The predicted octanol–water partition coefficient (Wildman–Crippen LogP) is 5.78. The standard InChI is InChI=1S/C22H36N2O2/c1-14(2)8-9-16(5)18(12-15(3)4)23-24-20(25)26-19-13-17-10-11-22(19,24)21(17,6)7/h8,15-17,19H,9-13H2,1-7H3/b23-18+/t16-,17+,19+,22-/m0/s1. The number of nitrogens with zero attached hydrogens (tertiary/aromatic N) is 2. The first-order chi connectivity index (χ1) is 12.1. The van der Waals surface area contributed by atoms with Gasteiger partial charge in [0.25, 0.3) is 0 Å². The van der Waals surface area contributed by atoms with Crippen LogP contribution in [0.4, 0.5) is 4.79 Å². The second-order valence-electron chi connectivity index (χ2n) is 9.91. The van der Waals surface area contributed by atoms with E-state index < -0.39 is 0 Å². The molecule has 4 nitrogen and oxygen atoms in total. The maximum atomic E-state index is 12.8. The van der Waals surface area contributed by atoms with Crippen LogP contribution in [-0.4, -0.2) is 28.5 Å². The van der Waals surface area contributed by atoms with Crippen LogP contribution in [0, 0.1) is 23.2 Å². The molecule has 3 aliphatic rings. The molecule has 4 heteroatoms. The second-order valence-corrected chi connectivity index (χ2v) is 9.91. The summed E-state index contributed by atoms with van der Waals surface area (Å²) in [6.07, 6.45) is 7.14. The fourth-order valence-electron chi connectivity index (χ4n) is 5.43. The number of hydrogen-bond donors (Lipinski definition) is 0. The molecule has 1 heterocycles. The van der Waals surface area contributed by atoms with Crippen molar-refractivity contribution in [2.75, 3.05) is 0 Å². The number of hydrazone groups is 1. The zero-order valence-electron chi connectivity index (χ0n) is 17.6. The van der Waals surface area contributed by atoms with Crippen molar-refractivity contribution in [1.82, 2.24) is 5.01 Å². The van der Waals surface area contributed by atoms with Gasteiger partial charge in [-0.15, -0.1) is 0 Å².